The van der Waals surface area contributed by atoms with E-state index in [0.29, 0.717) is 17.3 Å². The lowest BCUT2D eigenvalue weighted by atomic mass is 9.91. The van der Waals surface area contributed by atoms with Crippen LogP contribution in [0.25, 0.3) is 0 Å². The first kappa shape index (κ1) is 9.00. The number of hydrogen-bond acceptors (Lipinski definition) is 2. The van der Waals surface area contributed by atoms with Gasteiger partial charge in [0.1, 0.15) is 0 Å². The topological polar surface area (TPSA) is 55.1 Å². The van der Waals surface area contributed by atoms with Crippen LogP contribution < -0.4 is 11.1 Å². The van der Waals surface area contributed by atoms with Crippen molar-refractivity contribution in [1.29, 1.82) is 0 Å². The lowest BCUT2D eigenvalue weighted by Crippen LogP contribution is -2.42. The van der Waals surface area contributed by atoms with Crippen LogP contribution in [0, 0.1) is 17.3 Å². The molecule has 1 aliphatic carbocycles. The summed E-state index contributed by atoms with van der Waals surface area (Å²) in [6.45, 7) is 5.43. The van der Waals surface area contributed by atoms with Crippen molar-refractivity contribution in [2.45, 2.75) is 32.7 Å². The summed E-state index contributed by atoms with van der Waals surface area (Å²) in [5.41, 5.74) is 5.78. The summed E-state index contributed by atoms with van der Waals surface area (Å²) in [4.78, 5) is 11.1. The van der Waals surface area contributed by atoms with E-state index in [1.807, 2.05) is 0 Å². The van der Waals surface area contributed by atoms with Gasteiger partial charge in [0.05, 0.1) is 6.04 Å². The van der Waals surface area contributed by atoms with Crippen molar-refractivity contribution in [3.8, 4) is 0 Å². The van der Waals surface area contributed by atoms with Crippen LogP contribution in [0.3, 0.4) is 0 Å². The number of hydrogen-bond donors (Lipinski definition) is 2. The van der Waals surface area contributed by atoms with Crippen molar-refractivity contribution in [1.82, 2.24) is 5.32 Å². The van der Waals surface area contributed by atoms with E-state index in [0.717, 1.165) is 6.54 Å². The number of amides is 1. The third kappa shape index (κ3) is 0.966. The number of nitrogens with one attached hydrogen (secondary N) is 1. The summed E-state index contributed by atoms with van der Waals surface area (Å²) in [5.74, 6) is 1.07. The molecular formula is C10H18N2O. The molecule has 1 heterocycles. The number of piperidine rings is 1. The first-order valence-corrected chi connectivity index (χ1v) is 5.20. The quantitative estimate of drug-likeness (QED) is 0.667. The Morgan fingerprint density at radius 1 is 1.54 bits per heavy atom. The molecule has 1 saturated heterocycles. The van der Waals surface area contributed by atoms with Gasteiger partial charge in [0.15, 0.2) is 0 Å². The van der Waals surface area contributed by atoms with E-state index in [-0.39, 0.29) is 11.9 Å². The Balaban J connectivity index is 2.13. The fraction of sp³-hybridized carbons (Fsp3) is 0.900. The van der Waals surface area contributed by atoms with E-state index in [9.17, 15) is 4.79 Å². The van der Waals surface area contributed by atoms with E-state index in [1.165, 1.54) is 12.8 Å². The molecule has 2 aliphatic rings. The van der Waals surface area contributed by atoms with Crippen LogP contribution in [0.4, 0.5) is 0 Å². The van der Waals surface area contributed by atoms with Gasteiger partial charge in [-0.3, -0.25) is 4.79 Å². The highest BCUT2D eigenvalue weighted by molar-refractivity contribution is 5.81. The molecule has 0 unspecified atom stereocenters. The molecule has 1 aliphatic heterocycles. The third-order valence-electron chi connectivity index (χ3n) is 4.27. The van der Waals surface area contributed by atoms with Crippen molar-refractivity contribution in [3.05, 3.63) is 0 Å². The first-order valence-electron chi connectivity index (χ1n) is 5.20. The fourth-order valence-electron chi connectivity index (χ4n) is 3.41. The molecule has 0 aromatic carbocycles. The van der Waals surface area contributed by atoms with Crippen LogP contribution in [0.5, 0.6) is 0 Å². The number of carbonyl (C=O) groups excluding carboxylic acids is 1. The maximum absolute atomic E-state index is 11.1. The Bertz CT molecular complexity index is 235. The minimum Gasteiger partial charge on any atom is -0.368 e. The Hall–Kier alpha value is -0.570. The highest BCUT2D eigenvalue weighted by atomic mass is 16.1. The molecular weight excluding hydrogens is 164 g/mol. The van der Waals surface area contributed by atoms with E-state index in [2.05, 4.69) is 19.2 Å². The van der Waals surface area contributed by atoms with Gasteiger partial charge in [0.25, 0.3) is 0 Å². The summed E-state index contributed by atoms with van der Waals surface area (Å²) >= 11 is 0. The van der Waals surface area contributed by atoms with Crippen LogP contribution in [-0.4, -0.2) is 18.5 Å². The van der Waals surface area contributed by atoms with Gasteiger partial charge in [-0.2, -0.15) is 0 Å². The zero-order valence-electron chi connectivity index (χ0n) is 8.34. The zero-order chi connectivity index (χ0) is 9.64. The molecule has 13 heavy (non-hydrogen) atoms. The molecule has 0 spiro atoms. The summed E-state index contributed by atoms with van der Waals surface area (Å²) in [6.07, 6.45) is 2.37. The molecule has 0 bridgehead atoms. The maximum Gasteiger partial charge on any atom is 0.234 e. The predicted octanol–water partition coefficient (Wildman–Crippen LogP) is 0.496. The SMILES string of the molecule is CCC1(CC)[C@@H]2[C@@H](C(N)=O)NC[C@@H]21. The number of nitrogens with two attached hydrogens (primary N) is 1. The number of primary amides is 1. The van der Waals surface area contributed by atoms with E-state index in [1.54, 1.807) is 0 Å². The Kier molecular flexibility index (Phi) is 1.88. The van der Waals surface area contributed by atoms with Gasteiger partial charge < -0.3 is 11.1 Å². The van der Waals surface area contributed by atoms with Gasteiger partial charge in [0.2, 0.25) is 5.91 Å². The molecule has 74 valence electrons. The molecule has 0 aromatic heterocycles. The minimum atomic E-state index is -0.170. The van der Waals surface area contributed by atoms with Crippen molar-refractivity contribution < 1.29 is 4.79 Å². The monoisotopic (exact) mass is 182 g/mol. The van der Waals surface area contributed by atoms with Crippen molar-refractivity contribution >= 4 is 5.91 Å². The Morgan fingerprint density at radius 3 is 2.54 bits per heavy atom. The average Bonchev–Trinajstić information content (AvgIpc) is 2.54. The molecule has 0 radical (unpaired) electrons. The average molecular weight is 182 g/mol. The van der Waals surface area contributed by atoms with Crippen molar-refractivity contribution in [3.63, 3.8) is 0 Å². The molecule has 2 fully saturated rings. The van der Waals surface area contributed by atoms with E-state index in [4.69, 9.17) is 5.73 Å². The molecule has 1 saturated carbocycles. The van der Waals surface area contributed by atoms with Gasteiger partial charge in [-0.1, -0.05) is 13.8 Å². The highest BCUT2D eigenvalue weighted by Gasteiger charge is 2.68. The van der Waals surface area contributed by atoms with Crippen LogP contribution in [0.2, 0.25) is 0 Å². The fourth-order valence-corrected chi connectivity index (χ4v) is 3.41. The number of carbonyl (C=O) groups is 1. The smallest absolute Gasteiger partial charge is 0.234 e. The van der Waals surface area contributed by atoms with E-state index >= 15 is 0 Å². The van der Waals surface area contributed by atoms with Gasteiger partial charge in [0, 0.05) is 0 Å². The van der Waals surface area contributed by atoms with Crippen LogP contribution >= 0.6 is 0 Å². The minimum absolute atomic E-state index is 0.0510. The molecule has 3 N–H and O–H groups in total. The maximum atomic E-state index is 11.1. The summed E-state index contributed by atoms with van der Waals surface area (Å²) < 4.78 is 0. The number of rotatable bonds is 3. The standard InChI is InChI=1S/C10H18N2O/c1-3-10(4-2)6-5-12-8(7(6)10)9(11)13/h6-8,12H,3-5H2,1-2H3,(H2,11,13)/t6-,7-,8-/m0/s1. The zero-order valence-corrected chi connectivity index (χ0v) is 8.34. The molecule has 2 rings (SSSR count). The third-order valence-corrected chi connectivity index (χ3v) is 4.27. The molecule has 3 atom stereocenters. The van der Waals surface area contributed by atoms with Crippen LogP contribution in [-0.2, 0) is 4.79 Å². The molecule has 1 amide bonds. The van der Waals surface area contributed by atoms with Gasteiger partial charge in [-0.25, -0.2) is 0 Å². The second kappa shape index (κ2) is 2.71. The van der Waals surface area contributed by atoms with Gasteiger partial charge in [-0.05, 0) is 36.6 Å². The van der Waals surface area contributed by atoms with Gasteiger partial charge >= 0.3 is 0 Å². The Morgan fingerprint density at radius 2 is 2.15 bits per heavy atom. The summed E-state index contributed by atoms with van der Waals surface area (Å²) in [6, 6.07) is -0.0510. The molecule has 3 heteroatoms. The molecule has 3 nitrogen and oxygen atoms in total. The molecule has 0 aromatic rings. The van der Waals surface area contributed by atoms with Gasteiger partial charge in [-0.15, -0.1) is 0 Å². The lowest BCUT2D eigenvalue weighted by Gasteiger charge is -2.21. The normalized spacial score (nSPS) is 40.0. The predicted molar refractivity (Wildman–Crippen MR) is 51.0 cm³/mol. The van der Waals surface area contributed by atoms with Crippen molar-refractivity contribution in [2.75, 3.05) is 6.54 Å². The first-order chi connectivity index (χ1) is 6.17. The number of fused-ring (bicyclic) bond motifs is 1. The van der Waals surface area contributed by atoms with E-state index < -0.39 is 0 Å². The second-order valence-electron chi connectivity index (χ2n) is 4.36. The van der Waals surface area contributed by atoms with Crippen LogP contribution in [0.1, 0.15) is 26.7 Å². The van der Waals surface area contributed by atoms with Crippen LogP contribution in [0.15, 0.2) is 0 Å². The van der Waals surface area contributed by atoms with Crippen molar-refractivity contribution in [2.24, 2.45) is 23.0 Å². The summed E-state index contributed by atoms with van der Waals surface area (Å²) in [7, 11) is 0. The Labute approximate surface area is 79.1 Å². The summed E-state index contributed by atoms with van der Waals surface area (Å²) in [5, 5.41) is 3.20. The highest BCUT2D eigenvalue weighted by Crippen LogP contribution is 2.66. The second-order valence-corrected chi connectivity index (χ2v) is 4.36. The largest absolute Gasteiger partial charge is 0.368 e. The lowest BCUT2D eigenvalue weighted by molar-refractivity contribution is -0.120.